The van der Waals surface area contributed by atoms with Gasteiger partial charge in [-0.15, -0.1) is 0 Å². The number of likely N-dealkylation sites (N-methyl/N-ethyl adjacent to an activating group) is 1. The zero-order valence-corrected chi connectivity index (χ0v) is 22.1. The molecule has 184 valence electrons. The fourth-order valence-corrected chi connectivity index (χ4v) is 3.57. The average Bonchev–Trinajstić information content (AvgIpc) is 2.72. The van der Waals surface area contributed by atoms with Gasteiger partial charge >= 0.3 is 0 Å². The summed E-state index contributed by atoms with van der Waals surface area (Å²) in [6, 6.07) is 0. The molecule has 0 aromatic carbocycles. The molecule has 0 saturated carbocycles. The van der Waals surface area contributed by atoms with Gasteiger partial charge in [0.1, 0.15) is 13.2 Å². The van der Waals surface area contributed by atoms with Crippen LogP contribution in [0, 0.1) is 0 Å². The van der Waals surface area contributed by atoms with Crippen molar-refractivity contribution in [2.75, 3.05) is 47.4 Å². The minimum absolute atomic E-state index is 0.0547. The van der Waals surface area contributed by atoms with Gasteiger partial charge in [-0.1, -0.05) is 70.4 Å². The van der Waals surface area contributed by atoms with E-state index in [0.29, 0.717) is 26.2 Å². The van der Waals surface area contributed by atoms with Crippen molar-refractivity contribution < 1.29 is 18.3 Å². The third kappa shape index (κ3) is 27.5. The van der Waals surface area contributed by atoms with Crippen LogP contribution in [0.5, 0.6) is 0 Å². The Hall–Kier alpha value is -0.480. The molecule has 0 aliphatic carbocycles. The van der Waals surface area contributed by atoms with Crippen molar-refractivity contribution in [2.24, 2.45) is 0 Å². The Morgan fingerprint density at radius 2 is 1.35 bits per heavy atom. The Morgan fingerprint density at radius 3 is 1.97 bits per heavy atom. The topological polar surface area (TPSA) is 47.6 Å². The predicted molar refractivity (Wildman–Crippen MR) is 136 cm³/mol. The van der Waals surface area contributed by atoms with Gasteiger partial charge in [0.2, 0.25) is 5.91 Å². The molecule has 6 heteroatoms. The average molecular weight is 460 g/mol. The highest BCUT2D eigenvalue weighted by molar-refractivity contribution is 7.26. The monoisotopic (exact) mass is 459 g/mol. The van der Waals surface area contributed by atoms with Crippen LogP contribution in [0.3, 0.4) is 0 Å². The van der Waals surface area contributed by atoms with E-state index in [2.05, 4.69) is 45.5 Å². The van der Waals surface area contributed by atoms with Gasteiger partial charge in [0.25, 0.3) is 0 Å². The van der Waals surface area contributed by atoms with Crippen molar-refractivity contribution in [1.82, 2.24) is 5.32 Å². The highest BCUT2D eigenvalue weighted by atomic mass is 31.1. The zero-order valence-electron chi connectivity index (χ0n) is 21.1. The molecule has 0 saturated heterocycles. The number of hydrogen-bond donors (Lipinski definition) is 1. The summed E-state index contributed by atoms with van der Waals surface area (Å²) >= 11 is 0. The maximum absolute atomic E-state index is 11.8. The minimum Gasteiger partial charge on any atom is -0.354 e. The number of allylic oxidation sites excluding steroid dienone is 2. The van der Waals surface area contributed by atoms with Crippen LogP contribution in [0.1, 0.15) is 96.8 Å². The van der Waals surface area contributed by atoms with E-state index in [0.717, 1.165) is 23.9 Å². The summed E-state index contributed by atoms with van der Waals surface area (Å²) in [4.78, 5) is 11.8. The summed E-state index contributed by atoms with van der Waals surface area (Å²) in [7, 11) is 6.47. The fourth-order valence-electron chi connectivity index (χ4n) is 3.13. The number of unbranched alkanes of at least 4 members (excludes halogenated alkanes) is 11. The summed E-state index contributed by atoms with van der Waals surface area (Å²) < 4.78 is 11.7. The van der Waals surface area contributed by atoms with Gasteiger partial charge in [0.15, 0.2) is 9.03 Å². The van der Waals surface area contributed by atoms with Crippen LogP contribution in [0.15, 0.2) is 12.2 Å². The van der Waals surface area contributed by atoms with Crippen LogP contribution < -0.4 is 5.32 Å². The lowest BCUT2D eigenvalue weighted by atomic mass is 10.1. The first kappa shape index (κ1) is 30.5. The number of amides is 1. The number of rotatable bonds is 23. The number of nitrogens with zero attached hydrogens (tertiary/aromatic N) is 1. The third-order valence-electron chi connectivity index (χ3n) is 5.17. The molecular weight excluding hydrogens is 407 g/mol. The van der Waals surface area contributed by atoms with Crippen LogP contribution in [0.4, 0.5) is 0 Å². The van der Waals surface area contributed by atoms with E-state index < -0.39 is 0 Å². The molecule has 0 radical (unpaired) electrons. The molecule has 1 atom stereocenters. The van der Waals surface area contributed by atoms with Crippen LogP contribution in [0.2, 0.25) is 0 Å². The highest BCUT2D eigenvalue weighted by Gasteiger charge is 2.05. The number of hydrogen-bond acceptors (Lipinski definition) is 3. The van der Waals surface area contributed by atoms with Gasteiger partial charge in [0, 0.05) is 13.0 Å². The van der Waals surface area contributed by atoms with E-state index in [1.165, 1.54) is 70.6 Å². The van der Waals surface area contributed by atoms with Gasteiger partial charge in [-0.05, 0) is 32.1 Å². The minimum atomic E-state index is 0.0547. The van der Waals surface area contributed by atoms with E-state index in [4.69, 9.17) is 9.05 Å². The van der Waals surface area contributed by atoms with Crippen molar-refractivity contribution in [3.63, 3.8) is 0 Å². The first-order chi connectivity index (χ1) is 15.0. The standard InChI is InChI=1S/C25H51N2O3P/c1-5-6-7-8-9-10-11-12-13-14-15-16-17-18-19-20-25(28)26-21-23-29-31-30-24-22-27(2,3)4/h12-13,31H,5-11,14-24H2,1-4H3/p+1/b13-12-. The molecular formula is C25H52N2O3P+. The number of carbonyl (C=O) groups is 1. The summed E-state index contributed by atoms with van der Waals surface area (Å²) in [6.07, 6.45) is 22.0. The van der Waals surface area contributed by atoms with Crippen LogP contribution in [-0.4, -0.2) is 57.8 Å². The molecule has 31 heavy (non-hydrogen) atoms. The molecule has 1 N–H and O–H groups in total. The second-order valence-corrected chi connectivity index (χ2v) is 10.2. The van der Waals surface area contributed by atoms with Gasteiger partial charge < -0.3 is 18.8 Å². The Kier molecular flexibility index (Phi) is 22.4. The van der Waals surface area contributed by atoms with Crippen molar-refractivity contribution in [1.29, 1.82) is 0 Å². The van der Waals surface area contributed by atoms with Crippen LogP contribution >= 0.6 is 9.03 Å². The Bertz CT molecular complexity index is 425. The maximum Gasteiger partial charge on any atom is 0.220 e. The predicted octanol–water partition coefficient (Wildman–Crippen LogP) is 6.39. The van der Waals surface area contributed by atoms with Gasteiger partial charge in [0.05, 0.1) is 27.7 Å². The SMILES string of the molecule is CCCCCCCC/C=C\CCCCCCCC(=O)NCCOPOCC[N+](C)(C)C. The lowest BCUT2D eigenvalue weighted by Crippen LogP contribution is -2.37. The van der Waals surface area contributed by atoms with Gasteiger partial charge in [-0.2, -0.15) is 0 Å². The number of carbonyl (C=O) groups excluding carboxylic acids is 1. The zero-order chi connectivity index (χ0) is 23.0. The quantitative estimate of drug-likeness (QED) is 0.0834. The van der Waals surface area contributed by atoms with Crippen LogP contribution in [-0.2, 0) is 13.8 Å². The van der Waals surface area contributed by atoms with Crippen molar-refractivity contribution in [3.8, 4) is 0 Å². The molecule has 0 aliphatic rings. The van der Waals surface area contributed by atoms with E-state index in [9.17, 15) is 4.79 Å². The Labute approximate surface area is 195 Å². The van der Waals surface area contributed by atoms with Crippen molar-refractivity contribution >= 4 is 14.9 Å². The number of quaternary nitrogens is 1. The van der Waals surface area contributed by atoms with Crippen molar-refractivity contribution in [3.05, 3.63) is 12.2 Å². The molecule has 0 heterocycles. The molecule has 5 nitrogen and oxygen atoms in total. The first-order valence-electron chi connectivity index (χ1n) is 12.7. The second-order valence-electron chi connectivity index (χ2n) is 9.48. The molecule has 0 bridgehead atoms. The van der Waals surface area contributed by atoms with E-state index in [1.807, 2.05) is 0 Å². The molecule has 0 aliphatic heterocycles. The largest absolute Gasteiger partial charge is 0.354 e. The summed E-state index contributed by atoms with van der Waals surface area (Å²) in [5.74, 6) is 0.135. The van der Waals surface area contributed by atoms with Gasteiger partial charge in [-0.25, -0.2) is 0 Å². The summed E-state index contributed by atoms with van der Waals surface area (Å²) in [5, 5.41) is 2.92. The summed E-state index contributed by atoms with van der Waals surface area (Å²) in [6.45, 7) is 5.01. The van der Waals surface area contributed by atoms with E-state index in [-0.39, 0.29) is 14.9 Å². The lowest BCUT2D eigenvalue weighted by molar-refractivity contribution is -0.870. The molecule has 1 amide bonds. The maximum atomic E-state index is 11.8. The third-order valence-corrected chi connectivity index (χ3v) is 5.82. The fraction of sp³-hybridized carbons (Fsp3) is 0.880. The number of nitrogens with one attached hydrogen (secondary N) is 1. The van der Waals surface area contributed by atoms with Crippen molar-refractivity contribution in [2.45, 2.75) is 96.8 Å². The summed E-state index contributed by atoms with van der Waals surface area (Å²) in [5.41, 5.74) is 0. The normalized spacial score (nSPS) is 12.4. The van der Waals surface area contributed by atoms with Crippen LogP contribution in [0.25, 0.3) is 0 Å². The molecule has 0 fully saturated rings. The Balaban J connectivity index is 3.25. The van der Waals surface area contributed by atoms with E-state index >= 15 is 0 Å². The molecule has 0 aromatic heterocycles. The first-order valence-corrected chi connectivity index (χ1v) is 13.5. The van der Waals surface area contributed by atoms with E-state index in [1.54, 1.807) is 0 Å². The Morgan fingerprint density at radius 1 is 0.806 bits per heavy atom. The highest BCUT2D eigenvalue weighted by Crippen LogP contribution is 2.13. The lowest BCUT2D eigenvalue weighted by Gasteiger charge is -2.23. The molecule has 0 spiro atoms. The smallest absolute Gasteiger partial charge is 0.220 e. The second kappa shape index (κ2) is 22.7. The molecule has 0 aromatic rings. The molecule has 1 unspecified atom stereocenters. The van der Waals surface area contributed by atoms with Gasteiger partial charge in [-0.3, -0.25) is 4.79 Å². The molecule has 0 rings (SSSR count).